The highest BCUT2D eigenvalue weighted by Gasteiger charge is 2.19. The highest BCUT2D eigenvalue weighted by molar-refractivity contribution is 5.23. The van der Waals surface area contributed by atoms with Gasteiger partial charge in [-0.05, 0) is 42.9 Å². The molecule has 2 nitrogen and oxygen atoms in total. The van der Waals surface area contributed by atoms with Gasteiger partial charge in [-0.15, -0.1) is 0 Å². The molecule has 0 spiro atoms. The number of hydrogen-bond acceptors (Lipinski definition) is 2. The van der Waals surface area contributed by atoms with Gasteiger partial charge in [0.25, 0.3) is 0 Å². The Morgan fingerprint density at radius 2 is 1.45 bits per heavy atom. The van der Waals surface area contributed by atoms with Gasteiger partial charge >= 0.3 is 0 Å². The van der Waals surface area contributed by atoms with Crippen LogP contribution in [0.1, 0.15) is 29.9 Å². The SMILES string of the molecule is NCCCC(c1ccccc1)C(N)Cc1ccccc1. The number of rotatable bonds is 7. The van der Waals surface area contributed by atoms with Crippen LogP contribution in [-0.4, -0.2) is 12.6 Å². The number of hydrogen-bond donors (Lipinski definition) is 2. The lowest BCUT2D eigenvalue weighted by atomic mass is 9.85. The largest absolute Gasteiger partial charge is 0.330 e. The van der Waals surface area contributed by atoms with Gasteiger partial charge in [-0.1, -0.05) is 60.7 Å². The summed E-state index contributed by atoms with van der Waals surface area (Å²) in [6.07, 6.45) is 2.97. The summed E-state index contributed by atoms with van der Waals surface area (Å²) in [4.78, 5) is 0. The topological polar surface area (TPSA) is 52.0 Å². The van der Waals surface area contributed by atoms with Crippen LogP contribution in [0, 0.1) is 0 Å². The minimum absolute atomic E-state index is 0.131. The highest BCUT2D eigenvalue weighted by Crippen LogP contribution is 2.25. The maximum atomic E-state index is 6.48. The van der Waals surface area contributed by atoms with E-state index in [9.17, 15) is 0 Å². The van der Waals surface area contributed by atoms with Crippen molar-refractivity contribution in [3.63, 3.8) is 0 Å². The van der Waals surface area contributed by atoms with Crippen LogP contribution in [0.5, 0.6) is 0 Å². The van der Waals surface area contributed by atoms with Crippen molar-refractivity contribution in [2.24, 2.45) is 11.5 Å². The van der Waals surface area contributed by atoms with E-state index in [2.05, 4.69) is 48.5 Å². The minimum atomic E-state index is 0.131. The molecule has 0 bridgehead atoms. The lowest BCUT2D eigenvalue weighted by Gasteiger charge is -2.24. The molecule has 0 saturated heterocycles. The lowest BCUT2D eigenvalue weighted by molar-refractivity contribution is 0.485. The molecule has 106 valence electrons. The summed E-state index contributed by atoms with van der Waals surface area (Å²) in [5.74, 6) is 0.375. The Morgan fingerprint density at radius 3 is 2.05 bits per heavy atom. The van der Waals surface area contributed by atoms with Gasteiger partial charge in [-0.2, -0.15) is 0 Å². The van der Waals surface area contributed by atoms with Crippen LogP contribution in [0.3, 0.4) is 0 Å². The molecule has 0 aliphatic carbocycles. The van der Waals surface area contributed by atoms with E-state index in [4.69, 9.17) is 11.5 Å². The molecule has 0 radical (unpaired) electrons. The van der Waals surface area contributed by atoms with Crippen molar-refractivity contribution in [3.8, 4) is 0 Å². The van der Waals surface area contributed by atoms with E-state index in [-0.39, 0.29) is 6.04 Å². The maximum absolute atomic E-state index is 6.48. The molecule has 0 heterocycles. The summed E-state index contributed by atoms with van der Waals surface area (Å²) in [6.45, 7) is 0.724. The van der Waals surface area contributed by atoms with Crippen LogP contribution < -0.4 is 11.5 Å². The molecule has 2 atom stereocenters. The maximum Gasteiger partial charge on any atom is 0.0148 e. The van der Waals surface area contributed by atoms with Crippen molar-refractivity contribution >= 4 is 0 Å². The van der Waals surface area contributed by atoms with Gasteiger partial charge in [0.1, 0.15) is 0 Å². The van der Waals surface area contributed by atoms with Gasteiger partial charge < -0.3 is 11.5 Å². The third-order valence-electron chi connectivity index (χ3n) is 3.78. The molecule has 0 aliphatic heterocycles. The molecule has 20 heavy (non-hydrogen) atoms. The standard InChI is InChI=1S/C18H24N2/c19-13-7-12-17(16-10-5-2-6-11-16)18(20)14-15-8-3-1-4-9-15/h1-6,8-11,17-18H,7,12-14,19-20H2. The van der Waals surface area contributed by atoms with E-state index in [0.717, 1.165) is 25.8 Å². The fraction of sp³-hybridized carbons (Fsp3) is 0.333. The predicted molar refractivity (Wildman–Crippen MR) is 85.6 cm³/mol. The molecule has 2 aromatic rings. The third kappa shape index (κ3) is 4.19. The zero-order chi connectivity index (χ0) is 14.2. The fourth-order valence-electron chi connectivity index (χ4n) is 2.69. The van der Waals surface area contributed by atoms with E-state index in [1.807, 2.05) is 12.1 Å². The molecule has 0 fully saturated rings. The third-order valence-corrected chi connectivity index (χ3v) is 3.78. The second-order valence-corrected chi connectivity index (χ2v) is 5.30. The van der Waals surface area contributed by atoms with Crippen molar-refractivity contribution in [2.45, 2.75) is 31.2 Å². The zero-order valence-corrected chi connectivity index (χ0v) is 11.9. The Bertz CT molecular complexity index is 481. The van der Waals surface area contributed by atoms with E-state index < -0.39 is 0 Å². The normalized spacial score (nSPS) is 13.9. The molecule has 2 unspecified atom stereocenters. The Hall–Kier alpha value is -1.64. The second-order valence-electron chi connectivity index (χ2n) is 5.30. The summed E-state index contributed by atoms with van der Waals surface area (Å²) < 4.78 is 0. The summed E-state index contributed by atoms with van der Waals surface area (Å²) in [5.41, 5.74) is 14.8. The average molecular weight is 268 g/mol. The second kappa shape index (κ2) is 7.83. The quantitative estimate of drug-likeness (QED) is 0.811. The van der Waals surface area contributed by atoms with E-state index in [1.54, 1.807) is 0 Å². The lowest BCUT2D eigenvalue weighted by Crippen LogP contribution is -2.31. The van der Waals surface area contributed by atoms with Gasteiger partial charge in [0.2, 0.25) is 0 Å². The molecule has 4 N–H and O–H groups in total. The molecular formula is C18H24N2. The molecule has 0 aromatic heterocycles. The van der Waals surface area contributed by atoms with Crippen LogP contribution in [0.4, 0.5) is 0 Å². The van der Waals surface area contributed by atoms with Crippen molar-refractivity contribution in [1.82, 2.24) is 0 Å². The van der Waals surface area contributed by atoms with Crippen molar-refractivity contribution in [3.05, 3.63) is 71.8 Å². The van der Waals surface area contributed by atoms with E-state index in [1.165, 1.54) is 11.1 Å². The van der Waals surface area contributed by atoms with Crippen LogP contribution in [0.2, 0.25) is 0 Å². The smallest absolute Gasteiger partial charge is 0.0148 e. The van der Waals surface area contributed by atoms with Crippen molar-refractivity contribution in [1.29, 1.82) is 0 Å². The summed E-state index contributed by atoms with van der Waals surface area (Å²) in [5, 5.41) is 0. The fourth-order valence-corrected chi connectivity index (χ4v) is 2.69. The van der Waals surface area contributed by atoms with Crippen molar-refractivity contribution in [2.75, 3.05) is 6.54 Å². The van der Waals surface area contributed by atoms with Gasteiger partial charge in [0, 0.05) is 6.04 Å². The summed E-state index contributed by atoms with van der Waals surface area (Å²) in [6, 6.07) is 21.2. The first-order chi connectivity index (χ1) is 9.81. The van der Waals surface area contributed by atoms with Gasteiger partial charge in [-0.25, -0.2) is 0 Å². The van der Waals surface area contributed by atoms with Crippen LogP contribution >= 0.6 is 0 Å². The number of benzene rings is 2. The first-order valence-corrected chi connectivity index (χ1v) is 7.36. The van der Waals surface area contributed by atoms with Gasteiger partial charge in [0.15, 0.2) is 0 Å². The molecule has 0 saturated carbocycles. The highest BCUT2D eigenvalue weighted by atomic mass is 14.7. The Labute approximate surface area is 121 Å². The Kier molecular flexibility index (Phi) is 5.78. The number of nitrogens with two attached hydrogens (primary N) is 2. The van der Waals surface area contributed by atoms with Crippen molar-refractivity contribution < 1.29 is 0 Å². The molecule has 0 aliphatic rings. The summed E-state index contributed by atoms with van der Waals surface area (Å²) >= 11 is 0. The van der Waals surface area contributed by atoms with E-state index in [0.29, 0.717) is 5.92 Å². The van der Waals surface area contributed by atoms with Crippen LogP contribution in [0.25, 0.3) is 0 Å². The van der Waals surface area contributed by atoms with E-state index >= 15 is 0 Å². The Balaban J connectivity index is 2.10. The monoisotopic (exact) mass is 268 g/mol. The van der Waals surface area contributed by atoms with Gasteiger partial charge in [0.05, 0.1) is 0 Å². The van der Waals surface area contributed by atoms with Gasteiger partial charge in [-0.3, -0.25) is 0 Å². The summed E-state index contributed by atoms with van der Waals surface area (Å²) in [7, 11) is 0. The Morgan fingerprint density at radius 1 is 0.850 bits per heavy atom. The minimum Gasteiger partial charge on any atom is -0.330 e. The molecular weight excluding hydrogens is 244 g/mol. The predicted octanol–water partition coefficient (Wildman–Crippen LogP) is 3.08. The molecule has 2 aromatic carbocycles. The van der Waals surface area contributed by atoms with Crippen LogP contribution in [-0.2, 0) is 6.42 Å². The molecule has 0 amide bonds. The molecule has 2 rings (SSSR count). The first kappa shape index (κ1) is 14.8. The zero-order valence-electron chi connectivity index (χ0n) is 11.9. The first-order valence-electron chi connectivity index (χ1n) is 7.36. The van der Waals surface area contributed by atoms with Crippen LogP contribution in [0.15, 0.2) is 60.7 Å². The average Bonchev–Trinajstić information content (AvgIpc) is 2.50. The molecule has 2 heteroatoms.